The number of carbonyl (C=O) groups excluding carboxylic acids is 1. The van der Waals surface area contributed by atoms with Gasteiger partial charge in [0, 0.05) is 12.1 Å². The van der Waals surface area contributed by atoms with Crippen LogP contribution in [-0.4, -0.2) is 36.5 Å². The van der Waals surface area contributed by atoms with Gasteiger partial charge in [-0.1, -0.05) is 13.8 Å². The molecule has 1 atom stereocenters. The molecule has 0 aliphatic carbocycles. The summed E-state index contributed by atoms with van der Waals surface area (Å²) >= 11 is 0. The predicted molar refractivity (Wildman–Crippen MR) is 75.9 cm³/mol. The first-order chi connectivity index (χ1) is 9.97. The van der Waals surface area contributed by atoms with E-state index in [0.29, 0.717) is 11.7 Å². The lowest BCUT2D eigenvalue weighted by Crippen LogP contribution is -2.40. The van der Waals surface area contributed by atoms with E-state index in [0.717, 1.165) is 4.68 Å². The second-order valence-electron chi connectivity index (χ2n) is 5.13. The molecule has 1 amide bonds. The van der Waals surface area contributed by atoms with Crippen molar-refractivity contribution in [1.29, 1.82) is 0 Å². The van der Waals surface area contributed by atoms with Crippen LogP contribution in [0.3, 0.4) is 0 Å². The zero-order chi connectivity index (χ0) is 15.4. The van der Waals surface area contributed by atoms with E-state index in [4.69, 9.17) is 0 Å². The molecule has 2 aromatic heterocycles. The van der Waals surface area contributed by atoms with Gasteiger partial charge in [0.15, 0.2) is 5.82 Å². The highest BCUT2D eigenvalue weighted by molar-refractivity contribution is 5.75. The number of amides is 1. The molecule has 8 nitrogen and oxygen atoms in total. The van der Waals surface area contributed by atoms with Gasteiger partial charge in [0.1, 0.15) is 19.2 Å². The number of hydrogen-bond donors (Lipinski definition) is 1. The Hall–Kier alpha value is -2.51. The number of rotatable bonds is 5. The van der Waals surface area contributed by atoms with Gasteiger partial charge in [-0.25, -0.2) is 14.3 Å². The molecule has 0 aliphatic rings. The van der Waals surface area contributed by atoms with Crippen molar-refractivity contribution in [2.45, 2.75) is 33.4 Å². The monoisotopic (exact) mass is 290 g/mol. The van der Waals surface area contributed by atoms with Crippen molar-refractivity contribution in [2.24, 2.45) is 5.92 Å². The molecule has 1 unspecified atom stereocenters. The van der Waals surface area contributed by atoms with Crippen molar-refractivity contribution in [3.8, 4) is 5.82 Å². The van der Waals surface area contributed by atoms with E-state index in [9.17, 15) is 9.59 Å². The molecule has 0 saturated heterocycles. The smallest absolute Gasteiger partial charge is 0.267 e. The van der Waals surface area contributed by atoms with Gasteiger partial charge in [-0.2, -0.15) is 5.10 Å². The molecule has 0 fully saturated rings. The van der Waals surface area contributed by atoms with Crippen molar-refractivity contribution < 1.29 is 4.79 Å². The Kier molecular flexibility index (Phi) is 4.46. The highest BCUT2D eigenvalue weighted by atomic mass is 16.2. The van der Waals surface area contributed by atoms with Crippen LogP contribution in [0.2, 0.25) is 0 Å². The van der Waals surface area contributed by atoms with Crippen LogP contribution in [0, 0.1) is 5.92 Å². The van der Waals surface area contributed by atoms with Crippen molar-refractivity contribution in [3.63, 3.8) is 0 Å². The van der Waals surface area contributed by atoms with Crippen molar-refractivity contribution in [2.75, 3.05) is 0 Å². The maximum atomic E-state index is 11.9. The topological polar surface area (TPSA) is 94.7 Å². The first-order valence-corrected chi connectivity index (χ1v) is 6.70. The minimum atomic E-state index is -0.341. The van der Waals surface area contributed by atoms with Gasteiger partial charge in [-0.3, -0.25) is 9.59 Å². The van der Waals surface area contributed by atoms with Gasteiger partial charge in [-0.15, -0.1) is 5.10 Å². The maximum Gasteiger partial charge on any atom is 0.267 e. The van der Waals surface area contributed by atoms with E-state index in [-0.39, 0.29) is 24.1 Å². The predicted octanol–water partition coefficient (Wildman–Crippen LogP) is -0.0153. The average Bonchev–Trinajstić information content (AvgIpc) is 2.95. The lowest BCUT2D eigenvalue weighted by atomic mass is 10.1. The third-order valence-corrected chi connectivity index (χ3v) is 3.19. The van der Waals surface area contributed by atoms with Crippen LogP contribution in [0.4, 0.5) is 0 Å². The van der Waals surface area contributed by atoms with Crippen molar-refractivity contribution in [3.05, 3.63) is 35.1 Å². The summed E-state index contributed by atoms with van der Waals surface area (Å²) in [4.78, 5) is 27.5. The molecule has 0 spiro atoms. The molecule has 112 valence electrons. The third kappa shape index (κ3) is 3.74. The van der Waals surface area contributed by atoms with E-state index in [2.05, 4.69) is 20.5 Å². The minimum absolute atomic E-state index is 0.0340. The lowest BCUT2D eigenvalue weighted by molar-refractivity contribution is -0.122. The summed E-state index contributed by atoms with van der Waals surface area (Å²) in [5, 5.41) is 10.9. The Morgan fingerprint density at radius 1 is 1.33 bits per heavy atom. The van der Waals surface area contributed by atoms with Gasteiger partial charge >= 0.3 is 0 Å². The molecular formula is C13H18N6O2. The van der Waals surface area contributed by atoms with Crippen LogP contribution >= 0.6 is 0 Å². The third-order valence-electron chi connectivity index (χ3n) is 3.19. The highest BCUT2D eigenvalue weighted by Gasteiger charge is 2.12. The highest BCUT2D eigenvalue weighted by Crippen LogP contribution is 2.00. The molecule has 1 N–H and O–H groups in total. The summed E-state index contributed by atoms with van der Waals surface area (Å²) in [6, 6.07) is 2.91. The fourth-order valence-corrected chi connectivity index (χ4v) is 1.60. The maximum absolute atomic E-state index is 11.9. The molecule has 0 radical (unpaired) electrons. The molecule has 2 heterocycles. The standard InChI is InChI=1S/C13H18N6O2/c1-9(2)10(3)16-12(20)6-18-13(21)5-4-11(17-18)19-8-14-7-15-19/h4-5,7-10H,6H2,1-3H3,(H,16,20). The lowest BCUT2D eigenvalue weighted by Gasteiger charge is -2.17. The first kappa shape index (κ1) is 14.9. The average molecular weight is 290 g/mol. The molecule has 8 heteroatoms. The summed E-state index contributed by atoms with van der Waals surface area (Å²) in [7, 11) is 0. The van der Waals surface area contributed by atoms with E-state index in [1.165, 1.54) is 29.5 Å². The van der Waals surface area contributed by atoms with Gasteiger partial charge < -0.3 is 5.32 Å². The molecule has 0 bridgehead atoms. The molecule has 0 aliphatic heterocycles. The fraction of sp³-hybridized carbons (Fsp3) is 0.462. The molecule has 0 saturated carbocycles. The summed E-state index contributed by atoms with van der Waals surface area (Å²) in [6.07, 6.45) is 2.84. The Morgan fingerprint density at radius 3 is 2.71 bits per heavy atom. The van der Waals surface area contributed by atoms with Crippen molar-refractivity contribution >= 4 is 5.91 Å². The number of nitrogens with one attached hydrogen (secondary N) is 1. The Balaban J connectivity index is 2.15. The van der Waals surface area contributed by atoms with E-state index < -0.39 is 0 Å². The molecule has 0 aromatic carbocycles. The number of hydrogen-bond acceptors (Lipinski definition) is 5. The summed E-state index contributed by atoms with van der Waals surface area (Å²) < 4.78 is 2.53. The largest absolute Gasteiger partial charge is 0.352 e. The quantitative estimate of drug-likeness (QED) is 0.835. The second kappa shape index (κ2) is 6.29. The Morgan fingerprint density at radius 2 is 2.10 bits per heavy atom. The molecule has 2 aromatic rings. The van der Waals surface area contributed by atoms with Gasteiger partial charge in [0.25, 0.3) is 5.56 Å². The van der Waals surface area contributed by atoms with Crippen LogP contribution in [0.15, 0.2) is 29.6 Å². The molecule has 2 rings (SSSR count). The summed E-state index contributed by atoms with van der Waals surface area (Å²) in [6.45, 7) is 5.82. The van der Waals surface area contributed by atoms with Crippen LogP contribution < -0.4 is 10.9 Å². The van der Waals surface area contributed by atoms with Crippen LogP contribution in [0.5, 0.6) is 0 Å². The van der Waals surface area contributed by atoms with Gasteiger partial charge in [0.2, 0.25) is 5.91 Å². The van der Waals surface area contributed by atoms with Gasteiger partial charge in [-0.05, 0) is 18.9 Å². The molecular weight excluding hydrogens is 272 g/mol. The number of aromatic nitrogens is 5. The number of carbonyl (C=O) groups is 1. The first-order valence-electron chi connectivity index (χ1n) is 6.70. The van der Waals surface area contributed by atoms with E-state index in [1.807, 2.05) is 20.8 Å². The Bertz CT molecular complexity index is 662. The normalized spacial score (nSPS) is 12.4. The Labute approximate surface area is 121 Å². The van der Waals surface area contributed by atoms with E-state index in [1.54, 1.807) is 0 Å². The zero-order valence-corrected chi connectivity index (χ0v) is 12.2. The summed E-state index contributed by atoms with van der Waals surface area (Å²) in [5.41, 5.74) is -0.341. The minimum Gasteiger partial charge on any atom is -0.352 e. The SMILES string of the molecule is CC(C)C(C)NC(=O)Cn1nc(-n2cncn2)ccc1=O. The summed E-state index contributed by atoms with van der Waals surface area (Å²) in [5.74, 6) is 0.499. The number of nitrogens with zero attached hydrogens (tertiary/aromatic N) is 5. The van der Waals surface area contributed by atoms with Crippen LogP contribution in [0.25, 0.3) is 5.82 Å². The van der Waals surface area contributed by atoms with Gasteiger partial charge in [0.05, 0.1) is 0 Å². The fourth-order valence-electron chi connectivity index (χ4n) is 1.60. The van der Waals surface area contributed by atoms with Crippen LogP contribution in [-0.2, 0) is 11.3 Å². The van der Waals surface area contributed by atoms with Crippen molar-refractivity contribution in [1.82, 2.24) is 29.9 Å². The zero-order valence-electron chi connectivity index (χ0n) is 12.2. The second-order valence-corrected chi connectivity index (χ2v) is 5.13. The van der Waals surface area contributed by atoms with E-state index >= 15 is 0 Å². The van der Waals surface area contributed by atoms with Crippen LogP contribution in [0.1, 0.15) is 20.8 Å². The molecule has 21 heavy (non-hydrogen) atoms.